The lowest BCUT2D eigenvalue weighted by Crippen LogP contribution is -2.59. The molecule has 7 rings (SSSR count). The van der Waals surface area contributed by atoms with E-state index in [1.807, 2.05) is 4.90 Å². The number of phenolic OH excluding ortho intramolecular Hbond substituents is 1. The van der Waals surface area contributed by atoms with Crippen LogP contribution in [0, 0.1) is 22.7 Å². The number of pyridine rings is 1. The van der Waals surface area contributed by atoms with Gasteiger partial charge in [0.15, 0.2) is 0 Å². The fraction of sp³-hybridized carbons (Fsp3) is 0.423. The van der Waals surface area contributed by atoms with Gasteiger partial charge in [0.2, 0.25) is 5.91 Å². The van der Waals surface area contributed by atoms with Crippen molar-refractivity contribution in [1.29, 1.82) is 5.26 Å². The van der Waals surface area contributed by atoms with Crippen molar-refractivity contribution < 1.29 is 9.90 Å². The van der Waals surface area contributed by atoms with E-state index in [2.05, 4.69) is 17.5 Å². The van der Waals surface area contributed by atoms with Crippen LogP contribution in [0.1, 0.15) is 42.0 Å². The molecule has 2 aliphatic heterocycles. The Balaban J connectivity index is 1.45. The van der Waals surface area contributed by atoms with Crippen LogP contribution in [0.2, 0.25) is 5.02 Å². The number of likely N-dealkylation sites (tertiary alicyclic amines) is 1. The third kappa shape index (κ3) is 2.99. The second-order valence-electron chi connectivity index (χ2n) is 10.1. The monoisotopic (exact) mass is 460 g/mol. The largest absolute Gasteiger partial charge is 0.507 e. The molecule has 7 heteroatoms. The van der Waals surface area contributed by atoms with Crippen molar-refractivity contribution in [2.75, 3.05) is 31.1 Å². The standard InChI is InChI=1S/C26H25ClN4O2/c1-2-21(33)31-13-26(14-31)6-7-30(12-26)25-18(11-28)22(23-19(27)4-3-5-20(23)32)17-10-15-8-16(9-15)24(17)29-25/h2-5,15-16,32H,1,6-10,12-14H2/t15-,16+. The van der Waals surface area contributed by atoms with Crippen LogP contribution in [0.3, 0.4) is 0 Å². The molecule has 2 saturated heterocycles. The van der Waals surface area contributed by atoms with Crippen molar-refractivity contribution in [3.8, 4) is 22.9 Å². The zero-order chi connectivity index (χ0) is 22.9. The molecule has 1 amide bonds. The molecular formula is C26H25ClN4O2. The lowest BCUT2D eigenvalue weighted by molar-refractivity contribution is -0.136. The highest BCUT2D eigenvalue weighted by Crippen LogP contribution is 2.54. The second-order valence-corrected chi connectivity index (χ2v) is 10.5. The molecule has 3 fully saturated rings. The number of hydrogen-bond donors (Lipinski definition) is 1. The summed E-state index contributed by atoms with van der Waals surface area (Å²) in [7, 11) is 0. The van der Waals surface area contributed by atoms with Crippen molar-refractivity contribution in [3.05, 3.63) is 52.7 Å². The topological polar surface area (TPSA) is 80.5 Å². The van der Waals surface area contributed by atoms with Crippen molar-refractivity contribution in [1.82, 2.24) is 9.88 Å². The van der Waals surface area contributed by atoms with Gasteiger partial charge in [0, 0.05) is 54.3 Å². The summed E-state index contributed by atoms with van der Waals surface area (Å²) < 4.78 is 0. The Kier molecular flexibility index (Phi) is 4.50. The molecule has 1 aromatic carbocycles. The molecule has 1 saturated carbocycles. The molecule has 33 heavy (non-hydrogen) atoms. The minimum atomic E-state index is -0.0280. The van der Waals surface area contributed by atoms with Gasteiger partial charge in [-0.15, -0.1) is 0 Å². The lowest BCUT2D eigenvalue weighted by Gasteiger charge is -2.47. The summed E-state index contributed by atoms with van der Waals surface area (Å²) in [5.41, 5.74) is 3.97. The number of aromatic nitrogens is 1. The van der Waals surface area contributed by atoms with Gasteiger partial charge in [-0.25, -0.2) is 4.98 Å². The molecule has 6 nitrogen and oxygen atoms in total. The van der Waals surface area contributed by atoms with Crippen LogP contribution in [-0.4, -0.2) is 47.1 Å². The minimum absolute atomic E-state index is 0.0280. The molecule has 0 radical (unpaired) electrons. The summed E-state index contributed by atoms with van der Waals surface area (Å²) in [5.74, 6) is 1.78. The molecule has 2 aromatic rings. The van der Waals surface area contributed by atoms with E-state index in [1.165, 1.54) is 6.08 Å². The van der Waals surface area contributed by atoms with Gasteiger partial charge in [-0.1, -0.05) is 24.2 Å². The number of nitrogens with zero attached hydrogens (tertiary/aromatic N) is 4. The van der Waals surface area contributed by atoms with Crippen molar-refractivity contribution >= 4 is 23.3 Å². The molecule has 3 aliphatic carbocycles. The lowest BCUT2D eigenvalue weighted by atomic mass is 9.63. The van der Waals surface area contributed by atoms with Gasteiger partial charge in [0.1, 0.15) is 23.2 Å². The highest BCUT2D eigenvalue weighted by molar-refractivity contribution is 6.34. The molecule has 1 aromatic heterocycles. The number of aromatic hydroxyl groups is 1. The van der Waals surface area contributed by atoms with E-state index in [9.17, 15) is 15.2 Å². The Bertz CT molecular complexity index is 1220. The van der Waals surface area contributed by atoms with Crippen LogP contribution in [0.15, 0.2) is 30.9 Å². The molecule has 5 aliphatic rings. The number of halogens is 1. The van der Waals surface area contributed by atoms with E-state index in [0.29, 0.717) is 46.9 Å². The van der Waals surface area contributed by atoms with Crippen LogP contribution < -0.4 is 4.90 Å². The molecular weight excluding hydrogens is 436 g/mol. The quantitative estimate of drug-likeness (QED) is 0.692. The van der Waals surface area contributed by atoms with E-state index < -0.39 is 0 Å². The van der Waals surface area contributed by atoms with Gasteiger partial charge in [-0.3, -0.25) is 4.79 Å². The molecule has 0 atom stereocenters. The van der Waals surface area contributed by atoms with Crippen LogP contribution in [0.5, 0.6) is 5.75 Å². The van der Waals surface area contributed by atoms with Crippen LogP contribution in [-0.2, 0) is 11.2 Å². The summed E-state index contributed by atoms with van der Waals surface area (Å²) in [6.45, 7) is 6.56. The predicted molar refractivity (Wildman–Crippen MR) is 126 cm³/mol. The van der Waals surface area contributed by atoms with E-state index in [1.54, 1.807) is 18.2 Å². The number of anilines is 1. The van der Waals surface area contributed by atoms with E-state index >= 15 is 0 Å². The number of hydrogen-bond acceptors (Lipinski definition) is 5. The summed E-state index contributed by atoms with van der Waals surface area (Å²) >= 11 is 6.58. The number of nitriles is 1. The number of phenols is 1. The highest BCUT2D eigenvalue weighted by atomic mass is 35.5. The SMILES string of the molecule is C=CC(=O)N1CC2(CCN(c3nc4c(c(-c5c(O)cccc5Cl)c3C#N)C[C@H]3C[C@@H]4C3)C2)C1. The van der Waals surface area contributed by atoms with Crippen molar-refractivity contribution in [3.63, 3.8) is 0 Å². The summed E-state index contributed by atoms with van der Waals surface area (Å²) in [4.78, 5) is 21.1. The normalized spacial score (nSPS) is 24.0. The fourth-order valence-corrected chi connectivity index (χ4v) is 6.64. The third-order valence-electron chi connectivity index (χ3n) is 8.06. The van der Waals surface area contributed by atoms with Crippen LogP contribution >= 0.6 is 11.6 Å². The van der Waals surface area contributed by atoms with Gasteiger partial charge >= 0.3 is 0 Å². The Morgan fingerprint density at radius 3 is 2.79 bits per heavy atom. The van der Waals surface area contributed by atoms with Gasteiger partial charge in [-0.2, -0.15) is 5.26 Å². The summed E-state index contributed by atoms with van der Waals surface area (Å²) in [6.07, 6.45) is 5.47. The van der Waals surface area contributed by atoms with Crippen molar-refractivity contribution in [2.24, 2.45) is 11.3 Å². The first-order valence-electron chi connectivity index (χ1n) is 11.5. The Morgan fingerprint density at radius 1 is 1.30 bits per heavy atom. The molecule has 0 unspecified atom stereocenters. The molecule has 2 bridgehead atoms. The number of rotatable bonds is 3. The van der Waals surface area contributed by atoms with Crippen LogP contribution in [0.4, 0.5) is 5.82 Å². The smallest absolute Gasteiger partial charge is 0.245 e. The zero-order valence-electron chi connectivity index (χ0n) is 18.4. The van der Waals surface area contributed by atoms with Crippen molar-refractivity contribution in [2.45, 2.75) is 31.6 Å². The van der Waals surface area contributed by atoms with Gasteiger partial charge in [0.05, 0.1) is 5.02 Å². The van der Waals surface area contributed by atoms with E-state index in [0.717, 1.165) is 55.6 Å². The number of benzene rings is 1. The first kappa shape index (κ1) is 20.6. The maximum atomic E-state index is 12.0. The number of carbonyl (C=O) groups is 1. The third-order valence-corrected chi connectivity index (χ3v) is 8.37. The number of carbonyl (C=O) groups excluding carboxylic acids is 1. The minimum Gasteiger partial charge on any atom is -0.507 e. The molecule has 168 valence electrons. The molecule has 3 heterocycles. The van der Waals surface area contributed by atoms with Crippen LogP contribution in [0.25, 0.3) is 11.1 Å². The van der Waals surface area contributed by atoms with Gasteiger partial charge < -0.3 is 14.9 Å². The van der Waals surface area contributed by atoms with Gasteiger partial charge in [0.25, 0.3) is 0 Å². The maximum Gasteiger partial charge on any atom is 0.245 e. The first-order chi connectivity index (χ1) is 15.9. The van der Waals surface area contributed by atoms with Gasteiger partial charge in [-0.05, 0) is 55.4 Å². The molecule has 1 spiro atoms. The predicted octanol–water partition coefficient (Wildman–Crippen LogP) is 4.25. The molecule has 1 N–H and O–H groups in total. The summed E-state index contributed by atoms with van der Waals surface area (Å²) in [5, 5.41) is 21.5. The number of amides is 1. The Labute approximate surface area is 198 Å². The fourth-order valence-electron chi connectivity index (χ4n) is 6.38. The van der Waals surface area contributed by atoms with E-state index in [-0.39, 0.29) is 17.1 Å². The maximum absolute atomic E-state index is 12.0. The zero-order valence-corrected chi connectivity index (χ0v) is 19.1. The Morgan fingerprint density at radius 2 is 2.09 bits per heavy atom. The average molecular weight is 461 g/mol. The average Bonchev–Trinajstić information content (AvgIpc) is 3.21. The Hall–Kier alpha value is -3.04. The first-order valence-corrected chi connectivity index (χ1v) is 11.9. The van der Waals surface area contributed by atoms with E-state index in [4.69, 9.17) is 16.6 Å². The summed E-state index contributed by atoms with van der Waals surface area (Å²) in [6, 6.07) is 7.53. The second kappa shape index (κ2) is 7.23. The highest BCUT2D eigenvalue weighted by Gasteiger charge is 2.50.